The van der Waals surface area contributed by atoms with E-state index in [-0.39, 0.29) is 5.91 Å². The summed E-state index contributed by atoms with van der Waals surface area (Å²) in [6.07, 6.45) is 0. The summed E-state index contributed by atoms with van der Waals surface area (Å²) >= 11 is 0. The van der Waals surface area contributed by atoms with Crippen molar-refractivity contribution in [1.82, 2.24) is 5.43 Å². The minimum absolute atomic E-state index is 0.161. The highest BCUT2D eigenvalue weighted by Gasteiger charge is 2.18. The fraction of sp³-hybridized carbons (Fsp3) is 0.348. The molecule has 0 spiro atoms. The second kappa shape index (κ2) is 11.6. The van der Waals surface area contributed by atoms with Crippen molar-refractivity contribution in [3.63, 3.8) is 0 Å². The Kier molecular flexibility index (Phi) is 8.87. The molecule has 31 heavy (non-hydrogen) atoms. The molecule has 0 unspecified atom stereocenters. The van der Waals surface area contributed by atoms with Gasteiger partial charge < -0.3 is 19.5 Å². The van der Waals surface area contributed by atoms with E-state index in [0.717, 1.165) is 5.56 Å². The van der Waals surface area contributed by atoms with Gasteiger partial charge in [-0.15, -0.1) is 0 Å². The van der Waals surface area contributed by atoms with Gasteiger partial charge in [-0.2, -0.15) is 5.10 Å². The molecule has 166 valence electrons. The highest BCUT2D eigenvalue weighted by molar-refractivity contribution is 6.02. The van der Waals surface area contributed by atoms with E-state index in [1.54, 1.807) is 37.3 Å². The van der Waals surface area contributed by atoms with Gasteiger partial charge in [0.25, 0.3) is 5.91 Å². The van der Waals surface area contributed by atoms with E-state index in [2.05, 4.69) is 15.8 Å². The first-order chi connectivity index (χ1) is 14.9. The van der Waals surface area contributed by atoms with E-state index >= 15 is 0 Å². The summed E-state index contributed by atoms with van der Waals surface area (Å²) in [6, 6.07) is 10.4. The van der Waals surface area contributed by atoms with E-state index in [1.807, 2.05) is 26.8 Å². The van der Waals surface area contributed by atoms with Gasteiger partial charge in [-0.1, -0.05) is 12.1 Å². The predicted molar refractivity (Wildman–Crippen MR) is 120 cm³/mol. The quantitative estimate of drug-likeness (QED) is 0.441. The third-order valence-electron chi connectivity index (χ3n) is 4.10. The van der Waals surface area contributed by atoms with Gasteiger partial charge in [0.2, 0.25) is 11.7 Å². The topological polar surface area (TPSA) is 98.2 Å². The number of hydrogen-bond donors (Lipinski definition) is 2. The van der Waals surface area contributed by atoms with Gasteiger partial charge in [-0.3, -0.25) is 9.59 Å². The van der Waals surface area contributed by atoms with Crippen LogP contribution in [0, 0.1) is 0 Å². The molecule has 0 radical (unpaired) electrons. The third-order valence-corrected chi connectivity index (χ3v) is 4.10. The molecule has 8 nitrogen and oxygen atoms in total. The largest absolute Gasteiger partial charge is 0.490 e. The van der Waals surface area contributed by atoms with Crippen molar-refractivity contribution in [3.8, 4) is 17.2 Å². The zero-order valence-electron chi connectivity index (χ0n) is 18.6. The first-order valence-electron chi connectivity index (χ1n) is 10.2. The number of ether oxygens (including phenoxy) is 3. The van der Waals surface area contributed by atoms with Crippen LogP contribution in [0.5, 0.6) is 17.2 Å². The summed E-state index contributed by atoms with van der Waals surface area (Å²) < 4.78 is 17.0. The van der Waals surface area contributed by atoms with E-state index < -0.39 is 5.91 Å². The standard InChI is InChI=1S/C23H29N3O5/c1-6-29-20-13-18(14-21(30-7-2)22(20)31-8-3)23(28)26-25-15(4)17-10-9-11-19(12-17)24-16(5)27/h9-14H,6-8H2,1-5H3,(H,24,27)(H,26,28)/b25-15-. The number of nitrogens with one attached hydrogen (secondary N) is 2. The molecule has 0 aliphatic rings. The van der Waals surface area contributed by atoms with Gasteiger partial charge in [0.15, 0.2) is 11.5 Å². The molecule has 2 rings (SSSR count). The van der Waals surface area contributed by atoms with Crippen molar-refractivity contribution >= 4 is 23.2 Å². The Morgan fingerprint density at radius 3 is 2.03 bits per heavy atom. The van der Waals surface area contributed by atoms with Crippen molar-refractivity contribution < 1.29 is 23.8 Å². The minimum atomic E-state index is -0.415. The number of hydrazone groups is 1. The molecule has 2 N–H and O–H groups in total. The van der Waals surface area contributed by atoms with Crippen LogP contribution in [0.25, 0.3) is 0 Å². The zero-order valence-corrected chi connectivity index (χ0v) is 18.6. The Morgan fingerprint density at radius 2 is 1.48 bits per heavy atom. The molecule has 0 heterocycles. The molecule has 2 aromatic rings. The van der Waals surface area contributed by atoms with E-state index in [1.165, 1.54) is 6.92 Å². The molecule has 0 aromatic heterocycles. The summed E-state index contributed by atoms with van der Waals surface area (Å²) in [5.41, 5.74) is 4.89. The molecular formula is C23H29N3O5. The molecule has 0 bridgehead atoms. The van der Waals surface area contributed by atoms with E-state index in [4.69, 9.17) is 14.2 Å². The molecule has 0 atom stereocenters. The van der Waals surface area contributed by atoms with Gasteiger partial charge in [0, 0.05) is 18.2 Å². The SMILES string of the molecule is CCOc1cc(C(=O)N/N=C(/C)c2cccc(NC(C)=O)c2)cc(OCC)c1OCC. The van der Waals surface area contributed by atoms with Crippen LogP contribution in [0.4, 0.5) is 5.69 Å². The molecule has 0 saturated carbocycles. The van der Waals surface area contributed by atoms with Crippen molar-refractivity contribution in [2.45, 2.75) is 34.6 Å². The monoisotopic (exact) mass is 427 g/mol. The predicted octanol–water partition coefficient (Wildman–Crippen LogP) is 4.00. The molecule has 0 aliphatic heterocycles. The maximum absolute atomic E-state index is 12.7. The van der Waals surface area contributed by atoms with Crippen molar-refractivity contribution in [2.75, 3.05) is 25.1 Å². The minimum Gasteiger partial charge on any atom is -0.490 e. The Labute approximate surface area is 182 Å². The van der Waals surface area contributed by atoms with Gasteiger partial charge >= 0.3 is 0 Å². The van der Waals surface area contributed by atoms with Crippen molar-refractivity contribution in [2.24, 2.45) is 5.10 Å². The van der Waals surface area contributed by atoms with Crippen molar-refractivity contribution in [3.05, 3.63) is 47.5 Å². The molecule has 0 saturated heterocycles. The molecule has 2 aromatic carbocycles. The molecular weight excluding hydrogens is 398 g/mol. The van der Waals surface area contributed by atoms with Crippen LogP contribution in [0.2, 0.25) is 0 Å². The normalized spacial score (nSPS) is 10.9. The van der Waals surface area contributed by atoms with E-state index in [9.17, 15) is 9.59 Å². The fourth-order valence-corrected chi connectivity index (χ4v) is 2.81. The second-order valence-electron chi connectivity index (χ2n) is 6.50. The maximum atomic E-state index is 12.7. The van der Waals surface area contributed by atoms with Crippen LogP contribution < -0.4 is 25.0 Å². The molecule has 2 amide bonds. The van der Waals surface area contributed by atoms with Crippen LogP contribution in [0.3, 0.4) is 0 Å². The average molecular weight is 428 g/mol. The number of nitrogens with zero attached hydrogens (tertiary/aromatic N) is 1. The fourth-order valence-electron chi connectivity index (χ4n) is 2.81. The second-order valence-corrected chi connectivity index (χ2v) is 6.50. The van der Waals surface area contributed by atoms with E-state index in [0.29, 0.717) is 54.0 Å². The molecule has 0 fully saturated rings. The zero-order chi connectivity index (χ0) is 22.8. The Hall–Kier alpha value is -3.55. The highest BCUT2D eigenvalue weighted by Crippen LogP contribution is 2.39. The van der Waals surface area contributed by atoms with Gasteiger partial charge in [0.1, 0.15) is 0 Å². The number of rotatable bonds is 10. The lowest BCUT2D eigenvalue weighted by Gasteiger charge is -2.16. The summed E-state index contributed by atoms with van der Waals surface area (Å²) in [5, 5.41) is 6.91. The smallest absolute Gasteiger partial charge is 0.271 e. The highest BCUT2D eigenvalue weighted by atomic mass is 16.5. The molecule has 0 aliphatic carbocycles. The van der Waals surface area contributed by atoms with Gasteiger partial charge in [-0.25, -0.2) is 5.43 Å². The average Bonchev–Trinajstić information content (AvgIpc) is 2.74. The number of hydrogen-bond acceptors (Lipinski definition) is 6. The van der Waals surface area contributed by atoms with Crippen LogP contribution >= 0.6 is 0 Å². The maximum Gasteiger partial charge on any atom is 0.271 e. The van der Waals surface area contributed by atoms with Crippen LogP contribution in [0.1, 0.15) is 50.5 Å². The van der Waals surface area contributed by atoms with Crippen LogP contribution in [-0.2, 0) is 4.79 Å². The van der Waals surface area contributed by atoms with Crippen molar-refractivity contribution in [1.29, 1.82) is 0 Å². The Balaban J connectivity index is 2.27. The summed E-state index contributed by atoms with van der Waals surface area (Å²) in [4.78, 5) is 24.0. The Morgan fingerprint density at radius 1 is 0.871 bits per heavy atom. The first-order valence-corrected chi connectivity index (χ1v) is 10.2. The number of carbonyl (C=O) groups excluding carboxylic acids is 2. The van der Waals surface area contributed by atoms with Gasteiger partial charge in [0.05, 0.1) is 25.5 Å². The number of carbonyl (C=O) groups is 2. The number of amides is 2. The first kappa shape index (κ1) is 23.7. The van der Waals surface area contributed by atoms with Gasteiger partial charge in [-0.05, 0) is 57.5 Å². The lowest BCUT2D eigenvalue weighted by atomic mass is 10.1. The Bertz CT molecular complexity index is 929. The summed E-state index contributed by atoms with van der Waals surface area (Å²) in [7, 11) is 0. The lowest BCUT2D eigenvalue weighted by molar-refractivity contribution is -0.114. The molecule has 8 heteroatoms. The number of benzene rings is 2. The van der Waals surface area contributed by atoms with Crippen LogP contribution in [-0.4, -0.2) is 37.3 Å². The lowest BCUT2D eigenvalue weighted by Crippen LogP contribution is -2.20. The van der Waals surface area contributed by atoms with Crippen LogP contribution in [0.15, 0.2) is 41.5 Å². The third kappa shape index (κ3) is 6.74. The summed E-state index contributed by atoms with van der Waals surface area (Å²) in [6.45, 7) is 10.0. The number of anilines is 1. The summed E-state index contributed by atoms with van der Waals surface area (Å²) in [5.74, 6) is 0.763.